The Labute approximate surface area is 336 Å². The molecule has 276 valence electrons. The van der Waals surface area contributed by atoms with E-state index in [1.165, 1.54) is 77.6 Å². The molecule has 0 radical (unpaired) electrons. The Bertz CT molecular complexity index is 2900. The van der Waals surface area contributed by atoms with Gasteiger partial charge in [-0.2, -0.15) is 0 Å². The Balaban J connectivity index is 1.05. The van der Waals surface area contributed by atoms with Gasteiger partial charge in [0, 0.05) is 38.9 Å². The summed E-state index contributed by atoms with van der Waals surface area (Å²) in [6.07, 6.45) is 1.15. The zero-order valence-corrected chi connectivity index (χ0v) is 33.1. The van der Waals surface area contributed by atoms with Crippen molar-refractivity contribution in [1.29, 1.82) is 0 Å². The van der Waals surface area contributed by atoms with Crippen LogP contribution in [-0.2, 0) is 5.41 Å². The molecular weight excluding hydrogens is 689 g/mol. The van der Waals surface area contributed by atoms with Crippen LogP contribution < -0.4 is 4.90 Å². The van der Waals surface area contributed by atoms with Crippen LogP contribution in [-0.4, -0.2) is 4.57 Å². The molecule has 1 atom stereocenters. The monoisotopic (exact) mass is 734 g/mol. The lowest BCUT2D eigenvalue weighted by atomic mass is 9.82. The van der Waals surface area contributed by atoms with Crippen molar-refractivity contribution in [3.05, 3.63) is 205 Å². The first-order valence-corrected chi connectivity index (χ1v) is 20.3. The normalized spacial score (nSPS) is 13.4. The molecule has 0 saturated heterocycles. The van der Waals surface area contributed by atoms with Crippen LogP contribution in [0.3, 0.4) is 0 Å². The number of hydrogen-bond acceptors (Lipinski definition) is 1. The molecule has 2 heteroatoms. The largest absolute Gasteiger partial charge is 0.310 e. The molecule has 0 bridgehead atoms. The lowest BCUT2D eigenvalue weighted by Crippen LogP contribution is -2.16. The Morgan fingerprint density at radius 3 is 1.72 bits per heavy atom. The summed E-state index contributed by atoms with van der Waals surface area (Å²) in [6, 6.07) is 69.5. The van der Waals surface area contributed by atoms with E-state index >= 15 is 0 Å². The summed E-state index contributed by atoms with van der Waals surface area (Å²) in [5.41, 5.74) is 18.6. The maximum Gasteiger partial charge on any atom is 0.0541 e. The second-order valence-corrected chi connectivity index (χ2v) is 16.2. The quantitative estimate of drug-likeness (QED) is 0.151. The highest BCUT2D eigenvalue weighted by Gasteiger charge is 2.35. The van der Waals surface area contributed by atoms with Gasteiger partial charge in [0.15, 0.2) is 0 Å². The topological polar surface area (TPSA) is 8.17 Å². The molecule has 9 aromatic rings. The molecule has 0 N–H and O–H groups in total. The van der Waals surface area contributed by atoms with Crippen molar-refractivity contribution in [3.8, 4) is 39.1 Å². The zero-order chi connectivity index (χ0) is 38.7. The van der Waals surface area contributed by atoms with Crippen LogP contribution in [0.5, 0.6) is 0 Å². The Hall–Kier alpha value is -6.64. The van der Waals surface area contributed by atoms with E-state index in [1.54, 1.807) is 0 Å². The van der Waals surface area contributed by atoms with Gasteiger partial charge >= 0.3 is 0 Å². The third-order valence-electron chi connectivity index (χ3n) is 12.5. The van der Waals surface area contributed by atoms with E-state index < -0.39 is 0 Å². The Kier molecular flexibility index (Phi) is 8.45. The van der Waals surface area contributed by atoms with E-state index in [-0.39, 0.29) is 5.41 Å². The molecule has 8 aromatic carbocycles. The number of para-hydroxylation sites is 2. The van der Waals surface area contributed by atoms with Crippen molar-refractivity contribution in [3.63, 3.8) is 0 Å². The van der Waals surface area contributed by atoms with Crippen LogP contribution in [0.2, 0.25) is 0 Å². The average molecular weight is 735 g/mol. The molecule has 1 aliphatic rings. The molecule has 0 aliphatic heterocycles. The van der Waals surface area contributed by atoms with Gasteiger partial charge in [-0.25, -0.2) is 0 Å². The minimum atomic E-state index is -0.0922. The molecule has 0 amide bonds. The molecule has 10 rings (SSSR count). The van der Waals surface area contributed by atoms with Gasteiger partial charge in [0.25, 0.3) is 0 Å². The van der Waals surface area contributed by atoms with Crippen LogP contribution in [0, 0.1) is 0 Å². The first kappa shape index (κ1) is 34.8. The third kappa shape index (κ3) is 5.87. The van der Waals surface area contributed by atoms with Gasteiger partial charge in [-0.3, -0.25) is 0 Å². The molecular formula is C55H46N2. The summed E-state index contributed by atoms with van der Waals surface area (Å²) in [5, 5.41) is 2.52. The predicted octanol–water partition coefficient (Wildman–Crippen LogP) is 15.4. The second-order valence-electron chi connectivity index (χ2n) is 16.2. The molecule has 0 fully saturated rings. The van der Waals surface area contributed by atoms with Crippen molar-refractivity contribution >= 4 is 38.9 Å². The van der Waals surface area contributed by atoms with E-state index in [4.69, 9.17) is 0 Å². The molecule has 0 saturated carbocycles. The number of anilines is 3. The summed E-state index contributed by atoms with van der Waals surface area (Å²) in [7, 11) is 0. The highest BCUT2D eigenvalue weighted by molar-refractivity contribution is 6.10. The number of hydrogen-bond donors (Lipinski definition) is 0. The van der Waals surface area contributed by atoms with Gasteiger partial charge in [-0.15, -0.1) is 0 Å². The molecule has 1 heterocycles. The fourth-order valence-electron chi connectivity index (χ4n) is 9.13. The van der Waals surface area contributed by atoms with Gasteiger partial charge in [0.2, 0.25) is 0 Å². The van der Waals surface area contributed by atoms with Crippen molar-refractivity contribution in [1.82, 2.24) is 4.57 Å². The van der Waals surface area contributed by atoms with Crippen molar-refractivity contribution < 1.29 is 0 Å². The summed E-state index contributed by atoms with van der Waals surface area (Å²) in [5.74, 6) is 0.566. The summed E-state index contributed by atoms with van der Waals surface area (Å²) in [4.78, 5) is 2.41. The van der Waals surface area contributed by atoms with Crippen LogP contribution in [0.25, 0.3) is 60.9 Å². The van der Waals surface area contributed by atoms with Crippen LogP contribution in [0.1, 0.15) is 56.7 Å². The van der Waals surface area contributed by atoms with Gasteiger partial charge in [0.1, 0.15) is 0 Å². The first-order chi connectivity index (χ1) is 27.9. The SMILES string of the molecule is CCC(C)c1ccc(-c2ccc(N(c3ccc(-c4ccc5c(c4)c4ccccc4n5-c4ccccc4)cc3)c3ccc4c(c3)C(C)(C)c3ccccc3-4)cc2)cc1. The van der Waals surface area contributed by atoms with Gasteiger partial charge in [0.05, 0.1) is 11.0 Å². The standard InChI is InChI=1S/C55H46N2/c1-5-37(2)38-19-21-39(22-20-38)40-23-28-44(29-24-40)56(46-32-33-48-47-15-9-11-17-51(47)55(3,4)52(48)36-46)45-30-25-41(26-31-45)42-27-34-54-50(35-42)49-16-10-12-18-53(49)57(54)43-13-7-6-8-14-43/h6-37H,5H2,1-4H3. The Morgan fingerprint density at radius 1 is 0.474 bits per heavy atom. The number of aromatic nitrogens is 1. The first-order valence-electron chi connectivity index (χ1n) is 20.3. The van der Waals surface area contributed by atoms with Gasteiger partial charge < -0.3 is 9.47 Å². The molecule has 1 unspecified atom stereocenters. The molecule has 0 spiro atoms. The van der Waals surface area contributed by atoms with E-state index in [2.05, 4.69) is 225 Å². The number of benzene rings is 8. The predicted molar refractivity (Wildman–Crippen MR) is 243 cm³/mol. The van der Waals surface area contributed by atoms with E-state index in [0.29, 0.717) is 5.92 Å². The fraction of sp³-hybridized carbons (Fsp3) is 0.127. The smallest absolute Gasteiger partial charge is 0.0541 e. The maximum atomic E-state index is 2.42. The van der Waals surface area contributed by atoms with Crippen LogP contribution in [0.15, 0.2) is 188 Å². The number of fused-ring (bicyclic) bond motifs is 6. The van der Waals surface area contributed by atoms with E-state index in [0.717, 1.165) is 23.5 Å². The summed E-state index contributed by atoms with van der Waals surface area (Å²) in [6.45, 7) is 9.27. The van der Waals surface area contributed by atoms with Crippen LogP contribution >= 0.6 is 0 Å². The molecule has 57 heavy (non-hydrogen) atoms. The van der Waals surface area contributed by atoms with Crippen molar-refractivity contribution in [2.75, 3.05) is 4.90 Å². The molecule has 1 aliphatic carbocycles. The van der Waals surface area contributed by atoms with Gasteiger partial charge in [-0.05, 0) is 129 Å². The van der Waals surface area contributed by atoms with Crippen molar-refractivity contribution in [2.45, 2.75) is 45.4 Å². The third-order valence-corrected chi connectivity index (χ3v) is 12.5. The van der Waals surface area contributed by atoms with Gasteiger partial charge in [-0.1, -0.05) is 149 Å². The maximum absolute atomic E-state index is 2.42. The lowest BCUT2D eigenvalue weighted by Gasteiger charge is -2.28. The van der Waals surface area contributed by atoms with E-state index in [1.807, 2.05) is 0 Å². The summed E-state index contributed by atoms with van der Waals surface area (Å²) >= 11 is 0. The Morgan fingerprint density at radius 2 is 1.02 bits per heavy atom. The highest BCUT2D eigenvalue weighted by Crippen LogP contribution is 2.50. The highest BCUT2D eigenvalue weighted by atomic mass is 15.1. The minimum absolute atomic E-state index is 0.0922. The number of nitrogens with zero attached hydrogens (tertiary/aromatic N) is 2. The number of rotatable bonds is 8. The van der Waals surface area contributed by atoms with Crippen molar-refractivity contribution in [2.24, 2.45) is 0 Å². The average Bonchev–Trinajstić information content (AvgIpc) is 3.72. The van der Waals surface area contributed by atoms with Crippen LogP contribution in [0.4, 0.5) is 17.1 Å². The minimum Gasteiger partial charge on any atom is -0.310 e. The summed E-state index contributed by atoms with van der Waals surface area (Å²) < 4.78 is 2.37. The fourth-order valence-corrected chi connectivity index (χ4v) is 9.13. The van der Waals surface area contributed by atoms with E-state index in [9.17, 15) is 0 Å². The zero-order valence-electron chi connectivity index (χ0n) is 33.1. The molecule has 1 aromatic heterocycles. The second kappa shape index (κ2) is 13.8. The lowest BCUT2D eigenvalue weighted by molar-refractivity contribution is 0.660. The molecule has 2 nitrogen and oxygen atoms in total.